The summed E-state index contributed by atoms with van der Waals surface area (Å²) in [5.41, 5.74) is -0.345. The predicted octanol–water partition coefficient (Wildman–Crippen LogP) is 0.901. The quantitative estimate of drug-likeness (QED) is 0.634. The molecule has 0 radical (unpaired) electrons. The minimum absolute atomic E-state index is 0.345. The third-order valence-electron chi connectivity index (χ3n) is 2.94. The molecule has 2 fully saturated rings. The summed E-state index contributed by atoms with van der Waals surface area (Å²) in [5, 5.41) is 13.1. The van der Waals surface area contributed by atoms with Crippen molar-refractivity contribution in [1.82, 2.24) is 5.32 Å². The largest absolute Gasteiger partial charge is 0.389 e. The zero-order valence-electron chi connectivity index (χ0n) is 6.97. The van der Waals surface area contributed by atoms with Crippen LogP contribution in [0.2, 0.25) is 0 Å². The fourth-order valence-corrected chi connectivity index (χ4v) is 1.82. The lowest BCUT2D eigenvalue weighted by molar-refractivity contribution is 0.0487. The Morgan fingerprint density at radius 3 is 2.82 bits per heavy atom. The molecule has 11 heavy (non-hydrogen) atoms. The number of nitrogens with one attached hydrogen (secondary N) is 1. The highest BCUT2D eigenvalue weighted by Gasteiger charge is 2.33. The summed E-state index contributed by atoms with van der Waals surface area (Å²) >= 11 is 0. The maximum absolute atomic E-state index is 9.91. The molecule has 2 heteroatoms. The van der Waals surface area contributed by atoms with Gasteiger partial charge in [-0.3, -0.25) is 0 Å². The Bertz CT molecular complexity index is 136. The summed E-state index contributed by atoms with van der Waals surface area (Å²) in [5.74, 6) is 0.958. The fraction of sp³-hybridized carbons (Fsp3) is 1.00. The van der Waals surface area contributed by atoms with Gasteiger partial charge in [0.1, 0.15) is 0 Å². The lowest BCUT2D eigenvalue weighted by Crippen LogP contribution is -2.31. The molecule has 0 amide bonds. The van der Waals surface area contributed by atoms with E-state index < -0.39 is 0 Å². The Labute approximate surface area is 68.0 Å². The molecule has 0 bridgehead atoms. The number of hydrogen-bond acceptors (Lipinski definition) is 2. The average Bonchev–Trinajstić information content (AvgIpc) is 2.73. The van der Waals surface area contributed by atoms with Crippen molar-refractivity contribution in [2.24, 2.45) is 5.92 Å². The van der Waals surface area contributed by atoms with Gasteiger partial charge in [-0.25, -0.2) is 0 Å². The van der Waals surface area contributed by atoms with Crippen LogP contribution < -0.4 is 5.32 Å². The molecule has 1 unspecified atom stereocenters. The van der Waals surface area contributed by atoms with E-state index in [0.29, 0.717) is 0 Å². The Morgan fingerprint density at radius 2 is 2.27 bits per heavy atom. The van der Waals surface area contributed by atoms with Crippen LogP contribution in [0.5, 0.6) is 0 Å². The van der Waals surface area contributed by atoms with Crippen molar-refractivity contribution in [2.75, 3.05) is 13.1 Å². The zero-order chi connectivity index (χ0) is 7.73. The lowest BCUT2D eigenvalue weighted by Gasteiger charge is -2.20. The normalized spacial score (nSPS) is 37.9. The third-order valence-corrected chi connectivity index (χ3v) is 2.94. The van der Waals surface area contributed by atoms with Gasteiger partial charge in [-0.05, 0) is 31.7 Å². The van der Waals surface area contributed by atoms with Crippen LogP contribution in [-0.2, 0) is 0 Å². The molecule has 1 atom stereocenters. The first-order valence-corrected chi connectivity index (χ1v) is 4.72. The molecular weight excluding hydrogens is 138 g/mol. The summed E-state index contributed by atoms with van der Waals surface area (Å²) in [6.45, 7) is 1.82. The van der Waals surface area contributed by atoms with E-state index in [1.807, 2.05) is 0 Å². The van der Waals surface area contributed by atoms with Gasteiger partial charge >= 0.3 is 0 Å². The SMILES string of the molecule is OC1(CCC2CC2)CCNC1. The van der Waals surface area contributed by atoms with Crippen molar-refractivity contribution in [3.8, 4) is 0 Å². The fourth-order valence-electron chi connectivity index (χ4n) is 1.82. The molecule has 2 aliphatic rings. The minimum atomic E-state index is -0.345. The molecule has 1 heterocycles. The van der Waals surface area contributed by atoms with Crippen molar-refractivity contribution in [1.29, 1.82) is 0 Å². The Balaban J connectivity index is 1.73. The first kappa shape index (κ1) is 7.56. The van der Waals surface area contributed by atoms with Gasteiger partial charge in [-0.15, -0.1) is 0 Å². The van der Waals surface area contributed by atoms with Crippen molar-refractivity contribution >= 4 is 0 Å². The molecule has 2 rings (SSSR count). The highest BCUT2D eigenvalue weighted by molar-refractivity contribution is 4.89. The minimum Gasteiger partial charge on any atom is -0.389 e. The molecule has 1 saturated carbocycles. The smallest absolute Gasteiger partial charge is 0.0783 e. The number of aliphatic hydroxyl groups is 1. The molecule has 2 N–H and O–H groups in total. The summed E-state index contributed by atoms with van der Waals surface area (Å²) in [7, 11) is 0. The zero-order valence-corrected chi connectivity index (χ0v) is 6.97. The van der Waals surface area contributed by atoms with Crippen LogP contribution in [0.25, 0.3) is 0 Å². The maximum atomic E-state index is 9.91. The van der Waals surface area contributed by atoms with E-state index in [1.165, 1.54) is 19.3 Å². The van der Waals surface area contributed by atoms with Crippen molar-refractivity contribution < 1.29 is 5.11 Å². The molecule has 0 spiro atoms. The summed E-state index contributed by atoms with van der Waals surface area (Å²) < 4.78 is 0. The Kier molecular flexibility index (Phi) is 1.90. The first-order chi connectivity index (χ1) is 5.29. The van der Waals surface area contributed by atoms with Crippen LogP contribution >= 0.6 is 0 Å². The predicted molar refractivity (Wildman–Crippen MR) is 44.4 cm³/mol. The van der Waals surface area contributed by atoms with E-state index in [4.69, 9.17) is 0 Å². The summed E-state index contributed by atoms with van der Waals surface area (Å²) in [6, 6.07) is 0. The van der Waals surface area contributed by atoms with Crippen LogP contribution in [0.4, 0.5) is 0 Å². The van der Waals surface area contributed by atoms with Gasteiger partial charge in [-0.2, -0.15) is 0 Å². The lowest BCUT2D eigenvalue weighted by atomic mass is 9.95. The van der Waals surface area contributed by atoms with Crippen molar-refractivity contribution in [3.05, 3.63) is 0 Å². The molecule has 0 aromatic carbocycles. The number of β-amino-alcohol motifs (C(OH)–C–C–N with tert-alkyl or cyclic N) is 1. The van der Waals surface area contributed by atoms with Gasteiger partial charge in [-0.1, -0.05) is 12.8 Å². The molecule has 0 aromatic heterocycles. The van der Waals surface area contributed by atoms with Crippen LogP contribution in [0.15, 0.2) is 0 Å². The van der Waals surface area contributed by atoms with E-state index in [-0.39, 0.29) is 5.60 Å². The molecular formula is C9H17NO. The second-order valence-electron chi connectivity index (χ2n) is 4.13. The molecule has 1 aliphatic carbocycles. The first-order valence-electron chi connectivity index (χ1n) is 4.72. The van der Waals surface area contributed by atoms with E-state index in [9.17, 15) is 5.11 Å². The monoisotopic (exact) mass is 155 g/mol. The van der Waals surface area contributed by atoms with Crippen LogP contribution in [-0.4, -0.2) is 23.8 Å². The van der Waals surface area contributed by atoms with Crippen molar-refractivity contribution in [2.45, 2.75) is 37.7 Å². The van der Waals surface area contributed by atoms with E-state index in [2.05, 4.69) is 5.32 Å². The molecule has 2 nitrogen and oxygen atoms in total. The van der Waals surface area contributed by atoms with Gasteiger partial charge in [0.15, 0.2) is 0 Å². The van der Waals surface area contributed by atoms with Crippen LogP contribution in [0, 0.1) is 5.92 Å². The highest BCUT2D eigenvalue weighted by atomic mass is 16.3. The topological polar surface area (TPSA) is 32.3 Å². The van der Waals surface area contributed by atoms with Gasteiger partial charge in [0, 0.05) is 6.54 Å². The summed E-state index contributed by atoms with van der Waals surface area (Å²) in [4.78, 5) is 0. The third kappa shape index (κ3) is 1.94. The van der Waals surface area contributed by atoms with Gasteiger partial charge in [0.25, 0.3) is 0 Å². The van der Waals surface area contributed by atoms with Gasteiger partial charge < -0.3 is 10.4 Å². The van der Waals surface area contributed by atoms with Crippen LogP contribution in [0.1, 0.15) is 32.1 Å². The number of rotatable bonds is 3. The second kappa shape index (κ2) is 2.76. The maximum Gasteiger partial charge on any atom is 0.0783 e. The van der Waals surface area contributed by atoms with E-state index >= 15 is 0 Å². The summed E-state index contributed by atoms with van der Waals surface area (Å²) in [6.07, 6.45) is 6.04. The molecule has 0 aromatic rings. The van der Waals surface area contributed by atoms with E-state index in [1.54, 1.807) is 0 Å². The Hall–Kier alpha value is -0.0800. The highest BCUT2D eigenvalue weighted by Crippen LogP contribution is 2.36. The van der Waals surface area contributed by atoms with Gasteiger partial charge in [0.05, 0.1) is 5.60 Å². The molecule has 64 valence electrons. The molecule has 1 aliphatic heterocycles. The Morgan fingerprint density at radius 1 is 1.45 bits per heavy atom. The van der Waals surface area contributed by atoms with Crippen molar-refractivity contribution in [3.63, 3.8) is 0 Å². The second-order valence-corrected chi connectivity index (χ2v) is 4.13. The van der Waals surface area contributed by atoms with Gasteiger partial charge in [0.2, 0.25) is 0 Å². The molecule has 1 saturated heterocycles. The number of hydrogen-bond donors (Lipinski definition) is 2. The van der Waals surface area contributed by atoms with E-state index in [0.717, 1.165) is 31.8 Å². The standard InChI is InChI=1S/C9H17NO/c11-9(5-6-10-7-9)4-3-8-1-2-8/h8,10-11H,1-7H2. The van der Waals surface area contributed by atoms with Crippen LogP contribution in [0.3, 0.4) is 0 Å². The average molecular weight is 155 g/mol.